The molecule has 6 heteroatoms. The van der Waals surface area contributed by atoms with Crippen molar-refractivity contribution in [3.8, 4) is 5.75 Å². The first-order valence-electron chi connectivity index (χ1n) is 7.41. The molecule has 0 radical (unpaired) electrons. The third-order valence-corrected chi connectivity index (χ3v) is 5.41. The summed E-state index contributed by atoms with van der Waals surface area (Å²) >= 11 is 0. The summed E-state index contributed by atoms with van der Waals surface area (Å²) in [5.74, 6) is -0.243. The van der Waals surface area contributed by atoms with Crippen molar-refractivity contribution in [2.75, 3.05) is 4.72 Å². The highest BCUT2D eigenvalue weighted by Gasteiger charge is 2.28. The van der Waals surface area contributed by atoms with Crippen LogP contribution in [0.5, 0.6) is 5.75 Å². The largest absolute Gasteiger partial charge is 0.508 e. The number of benzene rings is 2. The minimum atomic E-state index is -3.70. The topological polar surface area (TPSA) is 83.5 Å². The predicted molar refractivity (Wildman–Crippen MR) is 87.0 cm³/mol. The van der Waals surface area contributed by atoms with Crippen molar-refractivity contribution in [3.05, 3.63) is 54.1 Å². The number of phenolic OH excluding ortho intramolecular Hbond substituents is 1. The van der Waals surface area contributed by atoms with Gasteiger partial charge in [0.05, 0.1) is 4.90 Å². The van der Waals surface area contributed by atoms with E-state index in [1.807, 2.05) is 0 Å². The first kappa shape index (κ1) is 15.6. The summed E-state index contributed by atoms with van der Waals surface area (Å²) in [6, 6.07) is 12.5. The molecule has 0 spiro atoms. The quantitative estimate of drug-likeness (QED) is 0.844. The zero-order valence-corrected chi connectivity index (χ0v) is 13.2. The summed E-state index contributed by atoms with van der Waals surface area (Å²) < 4.78 is 27.2. The molecule has 0 aliphatic heterocycles. The van der Waals surface area contributed by atoms with Crippen LogP contribution < -0.4 is 4.72 Å². The number of carbonyl (C=O) groups excluding carboxylic acids is 1. The number of anilines is 1. The summed E-state index contributed by atoms with van der Waals surface area (Å²) in [7, 11) is -3.70. The smallest absolute Gasteiger partial charge is 0.261 e. The maximum Gasteiger partial charge on any atom is 0.261 e. The van der Waals surface area contributed by atoms with Gasteiger partial charge in [-0.1, -0.05) is 18.2 Å². The van der Waals surface area contributed by atoms with E-state index < -0.39 is 10.0 Å². The molecule has 0 saturated heterocycles. The van der Waals surface area contributed by atoms with Gasteiger partial charge in [-0.2, -0.15) is 0 Å². The van der Waals surface area contributed by atoms with Crippen molar-refractivity contribution >= 4 is 21.5 Å². The average Bonchev–Trinajstić information content (AvgIpc) is 2.96. The fourth-order valence-corrected chi connectivity index (χ4v) is 3.93. The molecule has 1 atom stereocenters. The van der Waals surface area contributed by atoms with Gasteiger partial charge in [0, 0.05) is 23.6 Å². The lowest BCUT2D eigenvalue weighted by Gasteiger charge is -2.14. The number of hydrogen-bond acceptors (Lipinski definition) is 4. The van der Waals surface area contributed by atoms with E-state index in [1.54, 1.807) is 24.3 Å². The second kappa shape index (κ2) is 6.04. The Kier molecular flexibility index (Phi) is 4.09. The highest BCUT2D eigenvalue weighted by Crippen LogP contribution is 2.37. The Labute approximate surface area is 135 Å². The van der Waals surface area contributed by atoms with Gasteiger partial charge in [-0.05, 0) is 43.2 Å². The monoisotopic (exact) mass is 331 g/mol. The molecular weight excluding hydrogens is 314 g/mol. The van der Waals surface area contributed by atoms with Gasteiger partial charge in [0.25, 0.3) is 10.0 Å². The van der Waals surface area contributed by atoms with Crippen molar-refractivity contribution in [3.63, 3.8) is 0 Å². The van der Waals surface area contributed by atoms with Crippen LogP contribution in [0.3, 0.4) is 0 Å². The van der Waals surface area contributed by atoms with Crippen molar-refractivity contribution < 1.29 is 18.3 Å². The lowest BCUT2D eigenvalue weighted by Crippen LogP contribution is -2.13. The van der Waals surface area contributed by atoms with E-state index >= 15 is 0 Å². The van der Waals surface area contributed by atoms with Crippen LogP contribution in [0.4, 0.5) is 5.69 Å². The highest BCUT2D eigenvalue weighted by atomic mass is 32.2. The number of Topliss-reactive ketones (excluding diaryl/α,β-unsaturated/α-hetero) is 1. The first-order valence-corrected chi connectivity index (χ1v) is 8.89. The molecule has 5 nitrogen and oxygen atoms in total. The van der Waals surface area contributed by atoms with Gasteiger partial charge in [-0.25, -0.2) is 8.42 Å². The van der Waals surface area contributed by atoms with Gasteiger partial charge in [-0.15, -0.1) is 0 Å². The Balaban J connectivity index is 1.91. The van der Waals surface area contributed by atoms with Crippen molar-refractivity contribution in [2.45, 2.75) is 30.1 Å². The molecule has 0 amide bonds. The third-order valence-electron chi connectivity index (χ3n) is 4.01. The minimum Gasteiger partial charge on any atom is -0.508 e. The molecule has 120 valence electrons. The molecule has 1 aliphatic carbocycles. The molecular formula is C17H17NO4S. The molecule has 1 aliphatic rings. The Morgan fingerprint density at radius 1 is 1.09 bits per heavy atom. The Hall–Kier alpha value is -2.34. The van der Waals surface area contributed by atoms with E-state index in [2.05, 4.69) is 4.72 Å². The summed E-state index contributed by atoms with van der Waals surface area (Å²) in [6.45, 7) is 0. The summed E-state index contributed by atoms with van der Waals surface area (Å²) in [4.78, 5) is 12.1. The Bertz CT molecular complexity index is 831. The molecule has 1 fully saturated rings. The highest BCUT2D eigenvalue weighted by molar-refractivity contribution is 7.92. The zero-order chi connectivity index (χ0) is 16.4. The van der Waals surface area contributed by atoms with Gasteiger partial charge in [0.2, 0.25) is 0 Å². The van der Waals surface area contributed by atoms with Crippen LogP contribution in [0, 0.1) is 0 Å². The van der Waals surface area contributed by atoms with E-state index in [0.29, 0.717) is 24.1 Å². The standard InChI is InChI=1S/C17H17NO4S/c19-16-8-4-7-14(16)15-11-12(9-10-17(15)20)18-23(21,22)13-5-2-1-3-6-13/h1-3,5-6,9-11,14,18,20H,4,7-8H2. The molecule has 2 aromatic carbocycles. The number of carbonyl (C=O) groups is 1. The fraction of sp³-hybridized carbons (Fsp3) is 0.235. The number of hydrogen-bond donors (Lipinski definition) is 2. The number of ketones is 1. The van der Waals surface area contributed by atoms with Crippen LogP contribution in [0.15, 0.2) is 53.4 Å². The van der Waals surface area contributed by atoms with Crippen LogP contribution in [0.25, 0.3) is 0 Å². The second-order valence-corrected chi connectivity index (χ2v) is 7.29. The van der Waals surface area contributed by atoms with E-state index in [4.69, 9.17) is 0 Å². The van der Waals surface area contributed by atoms with Gasteiger partial charge >= 0.3 is 0 Å². The zero-order valence-electron chi connectivity index (χ0n) is 12.4. The molecule has 2 aromatic rings. The van der Waals surface area contributed by atoms with E-state index in [1.165, 1.54) is 24.3 Å². The van der Waals surface area contributed by atoms with E-state index in [9.17, 15) is 18.3 Å². The van der Waals surface area contributed by atoms with Crippen molar-refractivity contribution in [1.29, 1.82) is 0 Å². The van der Waals surface area contributed by atoms with Crippen LogP contribution in [-0.2, 0) is 14.8 Å². The molecule has 3 rings (SSSR count). The SMILES string of the molecule is O=C1CCCC1c1cc(NS(=O)(=O)c2ccccc2)ccc1O. The predicted octanol–water partition coefficient (Wildman–Crippen LogP) is 3.03. The maximum atomic E-state index is 12.3. The Morgan fingerprint density at radius 3 is 2.48 bits per heavy atom. The summed E-state index contributed by atoms with van der Waals surface area (Å²) in [5.41, 5.74) is 0.821. The fourth-order valence-electron chi connectivity index (χ4n) is 2.86. The second-order valence-electron chi connectivity index (χ2n) is 5.60. The van der Waals surface area contributed by atoms with Gasteiger partial charge in [-0.3, -0.25) is 9.52 Å². The van der Waals surface area contributed by atoms with Gasteiger partial charge < -0.3 is 5.11 Å². The number of aromatic hydroxyl groups is 1. The van der Waals surface area contributed by atoms with Crippen LogP contribution in [0.2, 0.25) is 0 Å². The maximum absolute atomic E-state index is 12.3. The lowest BCUT2D eigenvalue weighted by atomic mass is 9.95. The van der Waals surface area contributed by atoms with Crippen molar-refractivity contribution in [2.24, 2.45) is 0 Å². The summed E-state index contributed by atoms with van der Waals surface area (Å²) in [6.07, 6.45) is 1.98. The minimum absolute atomic E-state index is 0.0212. The molecule has 23 heavy (non-hydrogen) atoms. The van der Waals surface area contributed by atoms with Crippen LogP contribution in [0.1, 0.15) is 30.7 Å². The Morgan fingerprint density at radius 2 is 1.83 bits per heavy atom. The molecule has 0 bridgehead atoms. The molecule has 0 heterocycles. The number of sulfonamides is 1. The average molecular weight is 331 g/mol. The molecule has 1 saturated carbocycles. The lowest BCUT2D eigenvalue weighted by molar-refractivity contribution is -0.118. The molecule has 1 unspecified atom stereocenters. The molecule has 2 N–H and O–H groups in total. The number of phenols is 1. The van der Waals surface area contributed by atoms with Gasteiger partial charge in [0.1, 0.15) is 11.5 Å². The van der Waals surface area contributed by atoms with Crippen molar-refractivity contribution in [1.82, 2.24) is 0 Å². The normalized spacial score (nSPS) is 18.1. The molecule has 0 aromatic heterocycles. The third kappa shape index (κ3) is 3.22. The van der Waals surface area contributed by atoms with E-state index in [0.717, 1.165) is 6.42 Å². The van der Waals surface area contributed by atoms with Crippen LogP contribution >= 0.6 is 0 Å². The van der Waals surface area contributed by atoms with Crippen LogP contribution in [-0.4, -0.2) is 19.3 Å². The van der Waals surface area contributed by atoms with E-state index in [-0.39, 0.29) is 22.3 Å². The number of rotatable bonds is 4. The van der Waals surface area contributed by atoms with Gasteiger partial charge in [0.15, 0.2) is 0 Å². The first-order chi connectivity index (χ1) is 11.0. The number of nitrogens with one attached hydrogen (secondary N) is 1. The summed E-state index contributed by atoms with van der Waals surface area (Å²) in [5, 5.41) is 10.00.